The van der Waals surface area contributed by atoms with Crippen molar-refractivity contribution in [2.45, 2.75) is 47.5 Å². The van der Waals surface area contributed by atoms with Gasteiger partial charge in [0.2, 0.25) is 0 Å². The molecule has 1 aliphatic rings. The van der Waals surface area contributed by atoms with E-state index in [-0.39, 0.29) is 24.1 Å². The largest absolute Gasteiger partial charge is 0.212 e. The molecule has 3 unspecified atom stereocenters. The summed E-state index contributed by atoms with van der Waals surface area (Å²) in [6.07, 6.45) is 12.0. The molecule has 1 rings (SSSR count). The highest BCUT2D eigenvalue weighted by Gasteiger charge is 2.34. The van der Waals surface area contributed by atoms with Gasteiger partial charge in [0.15, 0.2) is 0 Å². The predicted molar refractivity (Wildman–Crippen MR) is 101 cm³/mol. The van der Waals surface area contributed by atoms with Crippen molar-refractivity contribution < 1.29 is 8.78 Å². The summed E-state index contributed by atoms with van der Waals surface area (Å²) in [6.45, 7) is 14.2. The fourth-order valence-corrected chi connectivity index (χ4v) is 3.23. The second-order valence-electron chi connectivity index (χ2n) is 6.51. The lowest BCUT2D eigenvalue weighted by Crippen LogP contribution is -2.25. The van der Waals surface area contributed by atoms with Crippen LogP contribution in [0.1, 0.15) is 47.5 Å². The molecular weight excluding hydrogens is 302 g/mol. The molecule has 0 N–H and O–H groups in total. The first kappa shape index (κ1) is 20.3. The first-order valence-electron chi connectivity index (χ1n) is 8.75. The number of hydrogen-bond donors (Lipinski definition) is 0. The van der Waals surface area contributed by atoms with Crippen molar-refractivity contribution in [1.82, 2.24) is 0 Å². The topological polar surface area (TPSA) is 0 Å². The van der Waals surface area contributed by atoms with Crippen LogP contribution in [0.2, 0.25) is 0 Å². The third kappa shape index (κ3) is 4.90. The van der Waals surface area contributed by atoms with E-state index in [9.17, 15) is 8.78 Å². The summed E-state index contributed by atoms with van der Waals surface area (Å²) in [5.41, 5.74) is 2.12. The van der Waals surface area contributed by atoms with E-state index in [1.165, 1.54) is 0 Å². The van der Waals surface area contributed by atoms with Gasteiger partial charge >= 0.3 is 0 Å². The Balaban J connectivity index is 3.37. The maximum atomic E-state index is 14.7. The molecule has 0 spiro atoms. The maximum absolute atomic E-state index is 14.7. The summed E-state index contributed by atoms with van der Waals surface area (Å²) in [5.74, 6) is -0.664. The Morgan fingerprint density at radius 2 is 2.00 bits per heavy atom. The quantitative estimate of drug-likeness (QED) is 0.336. The summed E-state index contributed by atoms with van der Waals surface area (Å²) in [6, 6.07) is 0. The predicted octanol–water partition coefficient (Wildman–Crippen LogP) is 7.40. The molecule has 0 saturated heterocycles. The monoisotopic (exact) mass is 332 g/mol. The van der Waals surface area contributed by atoms with E-state index in [2.05, 4.69) is 26.5 Å². The summed E-state index contributed by atoms with van der Waals surface area (Å²) in [7, 11) is 0. The highest BCUT2D eigenvalue weighted by Crippen LogP contribution is 2.44. The third-order valence-electron chi connectivity index (χ3n) is 4.85. The molecule has 0 nitrogen and oxygen atoms in total. The van der Waals surface area contributed by atoms with Crippen molar-refractivity contribution in [2.75, 3.05) is 0 Å². The fraction of sp³-hybridized carbons (Fsp3) is 0.455. The van der Waals surface area contributed by atoms with Gasteiger partial charge in [0.05, 0.1) is 0 Å². The van der Waals surface area contributed by atoms with Gasteiger partial charge in [-0.25, -0.2) is 8.78 Å². The maximum Gasteiger partial charge on any atom is 0.129 e. The van der Waals surface area contributed by atoms with E-state index in [4.69, 9.17) is 0 Å². The third-order valence-corrected chi connectivity index (χ3v) is 4.85. The molecule has 3 atom stereocenters. The molecule has 0 saturated carbocycles. The highest BCUT2D eigenvalue weighted by molar-refractivity contribution is 5.51. The lowest BCUT2D eigenvalue weighted by molar-refractivity contribution is 0.300. The van der Waals surface area contributed by atoms with E-state index >= 15 is 0 Å². The molecule has 0 radical (unpaired) electrons. The number of allylic oxidation sites excluding steroid dienone is 11. The minimum atomic E-state index is -0.486. The van der Waals surface area contributed by atoms with Crippen LogP contribution in [0.15, 0.2) is 71.4 Å². The van der Waals surface area contributed by atoms with Crippen LogP contribution in [-0.4, -0.2) is 0 Å². The zero-order chi connectivity index (χ0) is 18.3. The lowest BCUT2D eigenvalue weighted by Gasteiger charge is -2.34. The molecule has 1 aliphatic carbocycles. The summed E-state index contributed by atoms with van der Waals surface area (Å²) in [4.78, 5) is 0. The number of halogens is 2. The van der Waals surface area contributed by atoms with E-state index in [0.717, 1.165) is 18.1 Å². The van der Waals surface area contributed by atoms with E-state index in [0.29, 0.717) is 17.1 Å². The average Bonchev–Trinajstić information content (AvgIpc) is 2.55. The summed E-state index contributed by atoms with van der Waals surface area (Å²) >= 11 is 0. The van der Waals surface area contributed by atoms with Gasteiger partial charge < -0.3 is 0 Å². The molecule has 24 heavy (non-hydrogen) atoms. The van der Waals surface area contributed by atoms with Crippen LogP contribution in [0, 0.1) is 17.8 Å². The van der Waals surface area contributed by atoms with Crippen molar-refractivity contribution in [3.8, 4) is 0 Å². The average molecular weight is 332 g/mol. The Bertz CT molecular complexity index is 599. The first-order chi connectivity index (χ1) is 11.4. The molecule has 0 heterocycles. The van der Waals surface area contributed by atoms with Crippen LogP contribution >= 0.6 is 0 Å². The van der Waals surface area contributed by atoms with E-state index in [1.54, 1.807) is 0 Å². The molecule has 0 aromatic carbocycles. The van der Waals surface area contributed by atoms with Crippen LogP contribution in [0.25, 0.3) is 0 Å². The zero-order valence-corrected chi connectivity index (χ0v) is 15.6. The van der Waals surface area contributed by atoms with Gasteiger partial charge in [-0.15, -0.1) is 0 Å². The molecule has 0 aromatic rings. The van der Waals surface area contributed by atoms with Crippen molar-refractivity contribution in [3.63, 3.8) is 0 Å². The Kier molecular flexibility index (Phi) is 8.10. The molecule has 0 aliphatic heterocycles. The molecule has 0 fully saturated rings. The van der Waals surface area contributed by atoms with Gasteiger partial charge in [-0.05, 0) is 49.3 Å². The molecule has 0 bridgehead atoms. The van der Waals surface area contributed by atoms with Crippen LogP contribution in [0.3, 0.4) is 0 Å². The summed E-state index contributed by atoms with van der Waals surface area (Å²) in [5, 5.41) is 0. The first-order valence-corrected chi connectivity index (χ1v) is 8.75. The molecule has 132 valence electrons. The smallest absolute Gasteiger partial charge is 0.129 e. The Labute approximate surface area is 146 Å². The van der Waals surface area contributed by atoms with Crippen molar-refractivity contribution in [1.29, 1.82) is 0 Å². The van der Waals surface area contributed by atoms with Gasteiger partial charge in [-0.1, -0.05) is 57.2 Å². The van der Waals surface area contributed by atoms with Crippen molar-refractivity contribution in [3.05, 3.63) is 71.4 Å². The standard InChI is InChI=1S/C22H30F2/c1-7-10-12-16(5)17(6)22-20(13-18(23)14-21(22)24)19(11-8-2)15(4)9-3/h7-8,10-12,14-15,19-20H,6,9,13H2,1-5H3/b10-7-,11-8?,16-12-. The normalized spacial score (nSPS) is 22.2. The zero-order valence-electron chi connectivity index (χ0n) is 15.6. The molecule has 2 heteroatoms. The molecule has 0 amide bonds. The fourth-order valence-electron chi connectivity index (χ4n) is 3.23. The minimum Gasteiger partial charge on any atom is -0.212 e. The number of rotatable bonds is 7. The Hall–Kier alpha value is -1.70. The van der Waals surface area contributed by atoms with Gasteiger partial charge in [-0.3, -0.25) is 0 Å². The molecular formula is C22H30F2. The minimum absolute atomic E-state index is 0.0893. The second-order valence-corrected chi connectivity index (χ2v) is 6.51. The van der Waals surface area contributed by atoms with E-state index in [1.807, 2.05) is 45.1 Å². The van der Waals surface area contributed by atoms with Gasteiger partial charge in [0.25, 0.3) is 0 Å². The van der Waals surface area contributed by atoms with Crippen LogP contribution in [0.5, 0.6) is 0 Å². The highest BCUT2D eigenvalue weighted by atomic mass is 19.1. The van der Waals surface area contributed by atoms with E-state index < -0.39 is 5.83 Å². The van der Waals surface area contributed by atoms with Gasteiger partial charge in [0.1, 0.15) is 11.7 Å². The lowest BCUT2D eigenvalue weighted by atomic mass is 9.71. The van der Waals surface area contributed by atoms with Crippen molar-refractivity contribution >= 4 is 0 Å². The second kappa shape index (κ2) is 9.56. The Morgan fingerprint density at radius 3 is 2.54 bits per heavy atom. The van der Waals surface area contributed by atoms with Crippen LogP contribution in [0.4, 0.5) is 8.78 Å². The SMILES string of the molecule is C=C(C1=C(F)C=C(F)CC1C(C=CC)C(C)CC)/C(C)=C\C=C/C. The summed E-state index contributed by atoms with van der Waals surface area (Å²) < 4.78 is 28.7. The van der Waals surface area contributed by atoms with Crippen LogP contribution in [-0.2, 0) is 0 Å². The molecule has 0 aromatic heterocycles. The Morgan fingerprint density at radius 1 is 1.33 bits per heavy atom. The van der Waals surface area contributed by atoms with Gasteiger partial charge in [0, 0.05) is 18.4 Å². The number of hydrogen-bond acceptors (Lipinski definition) is 0. The van der Waals surface area contributed by atoms with Gasteiger partial charge in [-0.2, -0.15) is 0 Å². The van der Waals surface area contributed by atoms with Crippen LogP contribution < -0.4 is 0 Å². The van der Waals surface area contributed by atoms with Crippen molar-refractivity contribution in [2.24, 2.45) is 17.8 Å².